The number of hydrogen-bond donors (Lipinski definition) is 1. The highest BCUT2D eigenvalue weighted by Gasteiger charge is 2.22. The monoisotopic (exact) mass is 342 g/mol. The Bertz CT molecular complexity index is 848. The maximum atomic E-state index is 12.5. The van der Waals surface area contributed by atoms with Crippen molar-refractivity contribution < 1.29 is 13.9 Å². The van der Waals surface area contributed by atoms with Crippen LogP contribution in [0.1, 0.15) is 22.2 Å². The summed E-state index contributed by atoms with van der Waals surface area (Å²) in [5, 5.41) is 8.09. The van der Waals surface area contributed by atoms with Crippen molar-refractivity contribution in [1.29, 1.82) is 0 Å². The van der Waals surface area contributed by atoms with E-state index in [1.807, 2.05) is 49.3 Å². The lowest BCUT2D eigenvalue weighted by molar-refractivity contribution is 0.0936. The number of methoxy groups -OCH3 is 1. The standard InChI is InChI=1S/C18H22N4O3/c1-21(2)14(16-9-12-7-5-6-8-15(12)25-16)10-19-17(23)13-11-22(3)20-18(13)24-4/h5-9,11,14H,10H2,1-4H3,(H,19,23). The molecule has 3 aromatic rings. The van der Waals surface area contributed by atoms with Gasteiger partial charge in [-0.2, -0.15) is 0 Å². The molecule has 1 N–H and O–H groups in total. The van der Waals surface area contributed by atoms with Gasteiger partial charge in [0.05, 0.1) is 13.2 Å². The van der Waals surface area contributed by atoms with Crippen LogP contribution in [0.25, 0.3) is 11.0 Å². The van der Waals surface area contributed by atoms with Gasteiger partial charge in [0, 0.05) is 25.2 Å². The number of fused-ring (bicyclic) bond motifs is 1. The summed E-state index contributed by atoms with van der Waals surface area (Å²) in [5.74, 6) is 0.891. The Morgan fingerprint density at radius 2 is 2.16 bits per heavy atom. The molecule has 1 unspecified atom stereocenters. The number of amides is 1. The van der Waals surface area contributed by atoms with Crippen molar-refractivity contribution in [1.82, 2.24) is 20.0 Å². The van der Waals surface area contributed by atoms with E-state index in [1.165, 1.54) is 7.11 Å². The molecule has 7 nitrogen and oxygen atoms in total. The third-order valence-corrected chi connectivity index (χ3v) is 4.09. The van der Waals surface area contributed by atoms with Crippen LogP contribution >= 0.6 is 0 Å². The summed E-state index contributed by atoms with van der Waals surface area (Å²) in [5.41, 5.74) is 1.25. The molecular weight excluding hydrogens is 320 g/mol. The van der Waals surface area contributed by atoms with Gasteiger partial charge >= 0.3 is 0 Å². The van der Waals surface area contributed by atoms with Gasteiger partial charge in [-0.15, -0.1) is 5.10 Å². The number of furan rings is 1. The van der Waals surface area contributed by atoms with Crippen molar-refractivity contribution >= 4 is 16.9 Å². The van der Waals surface area contributed by atoms with Crippen LogP contribution in [0.5, 0.6) is 5.88 Å². The second-order valence-corrected chi connectivity index (χ2v) is 6.10. The lowest BCUT2D eigenvalue weighted by Gasteiger charge is -2.22. The number of nitrogens with one attached hydrogen (secondary N) is 1. The molecule has 0 saturated carbocycles. The average Bonchev–Trinajstić information content (AvgIpc) is 3.17. The first-order chi connectivity index (χ1) is 12.0. The summed E-state index contributed by atoms with van der Waals surface area (Å²) >= 11 is 0. The summed E-state index contributed by atoms with van der Waals surface area (Å²) < 4.78 is 12.6. The van der Waals surface area contributed by atoms with E-state index in [-0.39, 0.29) is 11.9 Å². The summed E-state index contributed by atoms with van der Waals surface area (Å²) in [7, 11) is 7.15. The summed E-state index contributed by atoms with van der Waals surface area (Å²) in [6.45, 7) is 0.406. The van der Waals surface area contributed by atoms with E-state index in [0.717, 1.165) is 16.7 Å². The van der Waals surface area contributed by atoms with Gasteiger partial charge in [-0.1, -0.05) is 18.2 Å². The number of benzene rings is 1. The van der Waals surface area contributed by atoms with Gasteiger partial charge in [-0.3, -0.25) is 14.4 Å². The molecule has 2 heterocycles. The maximum absolute atomic E-state index is 12.5. The van der Waals surface area contributed by atoms with Crippen molar-refractivity contribution in [3.63, 3.8) is 0 Å². The molecule has 132 valence electrons. The van der Waals surface area contributed by atoms with Crippen molar-refractivity contribution in [3.8, 4) is 5.88 Å². The van der Waals surface area contributed by atoms with Gasteiger partial charge in [-0.25, -0.2) is 0 Å². The summed E-state index contributed by atoms with van der Waals surface area (Å²) in [6.07, 6.45) is 1.64. The molecule has 3 rings (SSSR count). The molecule has 1 amide bonds. The molecule has 0 spiro atoms. The van der Waals surface area contributed by atoms with Crippen molar-refractivity contribution in [2.24, 2.45) is 7.05 Å². The van der Waals surface area contributed by atoms with Crippen molar-refractivity contribution in [3.05, 3.63) is 47.9 Å². The van der Waals surface area contributed by atoms with Gasteiger partial charge in [0.2, 0.25) is 5.88 Å². The number of nitrogens with zero attached hydrogens (tertiary/aromatic N) is 3. The second-order valence-electron chi connectivity index (χ2n) is 6.10. The van der Waals surface area contributed by atoms with Crippen LogP contribution in [0.3, 0.4) is 0 Å². The van der Waals surface area contributed by atoms with Crippen LogP contribution in [0.15, 0.2) is 40.9 Å². The fraction of sp³-hybridized carbons (Fsp3) is 0.333. The van der Waals surface area contributed by atoms with Crippen molar-refractivity contribution in [2.45, 2.75) is 6.04 Å². The average molecular weight is 342 g/mol. The van der Waals surface area contributed by atoms with Gasteiger partial charge in [0.15, 0.2) is 0 Å². The van der Waals surface area contributed by atoms with E-state index >= 15 is 0 Å². The molecule has 2 aromatic heterocycles. The molecule has 0 saturated heterocycles. The predicted octanol–water partition coefficient (Wildman–Crippen LogP) is 2.21. The Hall–Kier alpha value is -2.80. The minimum Gasteiger partial charge on any atom is -0.479 e. The van der Waals surface area contributed by atoms with E-state index in [1.54, 1.807) is 17.9 Å². The molecule has 0 aliphatic rings. The molecule has 1 atom stereocenters. The summed E-state index contributed by atoms with van der Waals surface area (Å²) in [4.78, 5) is 14.5. The van der Waals surface area contributed by atoms with Crippen LogP contribution in [-0.2, 0) is 7.05 Å². The van der Waals surface area contributed by atoms with Gasteiger partial charge in [0.1, 0.15) is 16.9 Å². The van der Waals surface area contributed by atoms with Crippen LogP contribution in [-0.4, -0.2) is 48.3 Å². The minimum atomic E-state index is -0.229. The number of aryl methyl sites for hydroxylation is 1. The molecular formula is C18H22N4O3. The van der Waals surface area contributed by atoms with E-state index in [4.69, 9.17) is 9.15 Å². The third-order valence-electron chi connectivity index (χ3n) is 4.09. The highest BCUT2D eigenvalue weighted by atomic mass is 16.5. The lowest BCUT2D eigenvalue weighted by Crippen LogP contribution is -2.34. The van der Waals surface area contributed by atoms with E-state index in [0.29, 0.717) is 18.0 Å². The van der Waals surface area contributed by atoms with E-state index in [9.17, 15) is 4.79 Å². The zero-order chi connectivity index (χ0) is 18.0. The Balaban J connectivity index is 1.77. The van der Waals surface area contributed by atoms with Gasteiger partial charge in [0.25, 0.3) is 5.91 Å². The number of aromatic nitrogens is 2. The highest BCUT2D eigenvalue weighted by Crippen LogP contribution is 2.26. The Morgan fingerprint density at radius 3 is 2.84 bits per heavy atom. The van der Waals surface area contributed by atoms with Crippen molar-refractivity contribution in [2.75, 3.05) is 27.7 Å². The first kappa shape index (κ1) is 17.0. The first-order valence-electron chi connectivity index (χ1n) is 8.00. The zero-order valence-corrected chi connectivity index (χ0v) is 14.8. The number of hydrogen-bond acceptors (Lipinski definition) is 5. The SMILES string of the molecule is COc1nn(C)cc1C(=O)NCC(c1cc2ccccc2o1)N(C)C. The molecule has 25 heavy (non-hydrogen) atoms. The van der Waals surface area contributed by atoms with Crippen LogP contribution in [0.2, 0.25) is 0 Å². The molecule has 0 bridgehead atoms. The van der Waals surface area contributed by atoms with Gasteiger partial charge < -0.3 is 14.5 Å². The van der Waals surface area contributed by atoms with E-state index < -0.39 is 0 Å². The number of para-hydroxylation sites is 1. The zero-order valence-electron chi connectivity index (χ0n) is 14.8. The topological polar surface area (TPSA) is 72.5 Å². The molecule has 1 aromatic carbocycles. The second kappa shape index (κ2) is 6.98. The van der Waals surface area contributed by atoms with Crippen LogP contribution < -0.4 is 10.1 Å². The highest BCUT2D eigenvalue weighted by molar-refractivity contribution is 5.96. The quantitative estimate of drug-likeness (QED) is 0.743. The number of carbonyl (C=O) groups excluding carboxylic acids is 1. The maximum Gasteiger partial charge on any atom is 0.258 e. The van der Waals surface area contributed by atoms with E-state index in [2.05, 4.69) is 10.4 Å². The normalized spacial score (nSPS) is 12.5. The molecule has 7 heteroatoms. The Labute approximate surface area is 146 Å². The summed E-state index contributed by atoms with van der Waals surface area (Å²) in [6, 6.07) is 9.79. The Morgan fingerprint density at radius 1 is 1.40 bits per heavy atom. The molecule has 0 aliphatic heterocycles. The lowest BCUT2D eigenvalue weighted by atomic mass is 10.1. The third kappa shape index (κ3) is 3.51. The molecule has 0 fully saturated rings. The predicted molar refractivity (Wildman–Crippen MR) is 94.7 cm³/mol. The first-order valence-corrected chi connectivity index (χ1v) is 8.00. The van der Waals surface area contributed by atoms with Gasteiger partial charge in [-0.05, 0) is 26.2 Å². The number of rotatable bonds is 6. The largest absolute Gasteiger partial charge is 0.479 e. The number of ether oxygens (including phenoxy) is 1. The van der Waals surface area contributed by atoms with Crippen LogP contribution in [0.4, 0.5) is 0 Å². The Kier molecular flexibility index (Phi) is 4.76. The molecule has 0 radical (unpaired) electrons. The fourth-order valence-corrected chi connectivity index (χ4v) is 2.76. The number of likely N-dealkylation sites (N-methyl/N-ethyl adjacent to an activating group) is 1. The molecule has 0 aliphatic carbocycles. The number of carbonyl (C=O) groups is 1. The smallest absolute Gasteiger partial charge is 0.258 e. The fourth-order valence-electron chi connectivity index (χ4n) is 2.76. The van der Waals surface area contributed by atoms with Crippen LogP contribution in [0, 0.1) is 0 Å². The minimum absolute atomic E-state index is 0.0842.